The Kier molecular flexibility index (Phi) is 3.86. The van der Waals surface area contributed by atoms with Gasteiger partial charge in [-0.1, -0.05) is 43.5 Å². The summed E-state index contributed by atoms with van der Waals surface area (Å²) >= 11 is 0. The van der Waals surface area contributed by atoms with E-state index in [1.54, 1.807) is 12.1 Å². The van der Waals surface area contributed by atoms with Crippen molar-refractivity contribution in [2.75, 3.05) is 0 Å². The number of hydrogen-bond acceptors (Lipinski definition) is 2. The molecule has 0 amide bonds. The fourth-order valence-corrected chi connectivity index (χ4v) is 3.91. The summed E-state index contributed by atoms with van der Waals surface area (Å²) in [6.07, 6.45) is 5.98. The van der Waals surface area contributed by atoms with Gasteiger partial charge in [-0.05, 0) is 61.1 Å². The molecule has 2 aromatic rings. The fraction of sp³-hybridized carbons (Fsp3) is 0.400. The molecule has 1 fully saturated rings. The monoisotopic (exact) mass is 296 g/mol. The second-order valence-corrected chi connectivity index (χ2v) is 6.65. The van der Waals surface area contributed by atoms with E-state index in [-0.39, 0.29) is 5.41 Å². The van der Waals surface area contributed by atoms with E-state index in [2.05, 4.69) is 24.3 Å². The van der Waals surface area contributed by atoms with Crippen molar-refractivity contribution in [3.05, 3.63) is 58.7 Å². The zero-order valence-corrected chi connectivity index (χ0v) is 13.4. The van der Waals surface area contributed by atoms with Gasteiger partial charge >= 0.3 is 0 Å². The largest absolute Gasteiger partial charge is 0.508 e. The van der Waals surface area contributed by atoms with Crippen LogP contribution >= 0.6 is 0 Å². The van der Waals surface area contributed by atoms with Gasteiger partial charge in [0.1, 0.15) is 11.5 Å². The van der Waals surface area contributed by atoms with Gasteiger partial charge in [0.2, 0.25) is 0 Å². The highest BCUT2D eigenvalue weighted by molar-refractivity contribution is 5.49. The highest BCUT2D eigenvalue weighted by Crippen LogP contribution is 2.46. The predicted molar refractivity (Wildman–Crippen MR) is 89.6 cm³/mol. The molecular weight excluding hydrogens is 272 g/mol. The Morgan fingerprint density at radius 2 is 1.32 bits per heavy atom. The molecule has 2 nitrogen and oxygen atoms in total. The van der Waals surface area contributed by atoms with Gasteiger partial charge in [-0.2, -0.15) is 0 Å². The van der Waals surface area contributed by atoms with Crippen LogP contribution in [0.1, 0.15) is 54.4 Å². The summed E-state index contributed by atoms with van der Waals surface area (Å²) in [7, 11) is 0. The predicted octanol–water partition coefficient (Wildman–Crippen LogP) is 4.96. The Morgan fingerprint density at radius 3 is 1.86 bits per heavy atom. The first kappa shape index (κ1) is 15.0. The molecule has 0 aliphatic heterocycles. The Bertz CT molecular complexity index is 642. The van der Waals surface area contributed by atoms with Crippen LogP contribution in [0.2, 0.25) is 0 Å². The van der Waals surface area contributed by atoms with Gasteiger partial charge in [0.25, 0.3) is 0 Å². The summed E-state index contributed by atoms with van der Waals surface area (Å²) in [6.45, 7) is 3.94. The molecule has 2 N–H and O–H groups in total. The summed E-state index contributed by atoms with van der Waals surface area (Å²) in [5, 5.41) is 19.7. The van der Waals surface area contributed by atoms with Crippen LogP contribution in [0, 0.1) is 13.8 Å². The molecule has 0 saturated heterocycles. The maximum atomic E-state index is 10.1. The smallest absolute Gasteiger partial charge is 0.121 e. The fourth-order valence-electron chi connectivity index (χ4n) is 3.91. The van der Waals surface area contributed by atoms with Crippen LogP contribution < -0.4 is 0 Å². The molecule has 0 aromatic heterocycles. The molecule has 3 rings (SSSR count). The molecule has 2 aromatic carbocycles. The normalized spacial score (nSPS) is 17.4. The average Bonchev–Trinajstić information content (AvgIpc) is 2.53. The summed E-state index contributed by atoms with van der Waals surface area (Å²) in [5.74, 6) is 0.716. The third-order valence-corrected chi connectivity index (χ3v) is 5.17. The first-order chi connectivity index (χ1) is 10.5. The minimum atomic E-state index is 0.00910. The molecular formula is C20H24O2. The van der Waals surface area contributed by atoms with Crippen molar-refractivity contribution < 1.29 is 10.2 Å². The zero-order chi connectivity index (χ0) is 15.7. The first-order valence-corrected chi connectivity index (χ1v) is 8.13. The second kappa shape index (κ2) is 5.68. The van der Waals surface area contributed by atoms with Crippen molar-refractivity contribution in [2.24, 2.45) is 0 Å². The van der Waals surface area contributed by atoms with Gasteiger partial charge in [-0.3, -0.25) is 0 Å². The van der Waals surface area contributed by atoms with Crippen molar-refractivity contribution in [1.82, 2.24) is 0 Å². The van der Waals surface area contributed by atoms with Crippen LogP contribution in [0.5, 0.6) is 11.5 Å². The van der Waals surface area contributed by atoms with Gasteiger partial charge in [-0.25, -0.2) is 0 Å². The lowest BCUT2D eigenvalue weighted by Crippen LogP contribution is -2.30. The summed E-state index contributed by atoms with van der Waals surface area (Å²) < 4.78 is 0. The number of phenols is 2. The van der Waals surface area contributed by atoms with E-state index in [4.69, 9.17) is 0 Å². The molecule has 0 unspecified atom stereocenters. The molecule has 2 heteroatoms. The molecule has 0 spiro atoms. The van der Waals surface area contributed by atoms with E-state index in [0.29, 0.717) is 11.5 Å². The number of aryl methyl sites for hydroxylation is 2. The van der Waals surface area contributed by atoms with Crippen LogP contribution in [-0.4, -0.2) is 10.2 Å². The lowest BCUT2D eigenvalue weighted by Gasteiger charge is -2.39. The Morgan fingerprint density at radius 1 is 0.773 bits per heavy atom. The summed E-state index contributed by atoms with van der Waals surface area (Å²) in [6, 6.07) is 12.0. The van der Waals surface area contributed by atoms with Crippen molar-refractivity contribution in [1.29, 1.82) is 0 Å². The molecule has 116 valence electrons. The molecule has 0 atom stereocenters. The van der Waals surface area contributed by atoms with Gasteiger partial charge in [0.05, 0.1) is 0 Å². The van der Waals surface area contributed by atoms with Crippen LogP contribution in [0.25, 0.3) is 0 Å². The van der Waals surface area contributed by atoms with E-state index in [1.807, 2.05) is 13.8 Å². The Balaban J connectivity index is 2.16. The number of aromatic hydroxyl groups is 2. The minimum Gasteiger partial charge on any atom is -0.508 e. The minimum absolute atomic E-state index is 0.00910. The standard InChI is InChI=1S/C20H24O2/c1-14-12-17(13-15(2)19(14)22)20(10-4-3-5-11-20)16-6-8-18(21)9-7-16/h6-9,12-13,21-22H,3-5,10-11H2,1-2H3. The van der Waals surface area contributed by atoms with E-state index < -0.39 is 0 Å². The van der Waals surface area contributed by atoms with Crippen LogP contribution in [0.3, 0.4) is 0 Å². The molecule has 0 bridgehead atoms. The second-order valence-electron chi connectivity index (χ2n) is 6.65. The van der Waals surface area contributed by atoms with E-state index in [0.717, 1.165) is 24.0 Å². The van der Waals surface area contributed by atoms with Crippen LogP contribution in [0.15, 0.2) is 36.4 Å². The summed E-state index contributed by atoms with van der Waals surface area (Å²) in [4.78, 5) is 0. The number of benzene rings is 2. The molecule has 0 heterocycles. The highest BCUT2D eigenvalue weighted by atomic mass is 16.3. The van der Waals surface area contributed by atoms with Gasteiger partial charge in [0.15, 0.2) is 0 Å². The van der Waals surface area contributed by atoms with Crippen molar-refractivity contribution in [3.8, 4) is 11.5 Å². The number of hydrogen-bond donors (Lipinski definition) is 2. The van der Waals surface area contributed by atoms with E-state index in [9.17, 15) is 10.2 Å². The molecule has 1 aliphatic carbocycles. The van der Waals surface area contributed by atoms with E-state index in [1.165, 1.54) is 30.4 Å². The van der Waals surface area contributed by atoms with Gasteiger partial charge in [-0.15, -0.1) is 0 Å². The van der Waals surface area contributed by atoms with Gasteiger partial charge < -0.3 is 10.2 Å². The van der Waals surface area contributed by atoms with Crippen molar-refractivity contribution >= 4 is 0 Å². The van der Waals surface area contributed by atoms with Crippen molar-refractivity contribution in [2.45, 2.75) is 51.4 Å². The number of rotatable bonds is 2. The highest BCUT2D eigenvalue weighted by Gasteiger charge is 2.36. The Labute approximate surface area is 132 Å². The summed E-state index contributed by atoms with van der Waals surface area (Å²) in [5.41, 5.74) is 4.47. The topological polar surface area (TPSA) is 40.5 Å². The molecule has 1 saturated carbocycles. The third-order valence-electron chi connectivity index (χ3n) is 5.17. The lowest BCUT2D eigenvalue weighted by atomic mass is 9.65. The molecule has 22 heavy (non-hydrogen) atoms. The Hall–Kier alpha value is -1.96. The van der Waals surface area contributed by atoms with Gasteiger partial charge in [0, 0.05) is 5.41 Å². The first-order valence-electron chi connectivity index (χ1n) is 8.13. The molecule has 0 radical (unpaired) electrons. The number of phenolic OH excluding ortho intramolecular Hbond substituents is 2. The maximum absolute atomic E-state index is 10.1. The quantitative estimate of drug-likeness (QED) is 0.822. The van der Waals surface area contributed by atoms with Crippen LogP contribution in [0.4, 0.5) is 0 Å². The van der Waals surface area contributed by atoms with Crippen LogP contribution in [-0.2, 0) is 5.41 Å². The SMILES string of the molecule is Cc1cc(C2(c3ccc(O)cc3)CCCCC2)cc(C)c1O. The zero-order valence-electron chi connectivity index (χ0n) is 13.4. The average molecular weight is 296 g/mol. The maximum Gasteiger partial charge on any atom is 0.121 e. The molecule has 1 aliphatic rings. The van der Waals surface area contributed by atoms with Crippen molar-refractivity contribution in [3.63, 3.8) is 0 Å². The third kappa shape index (κ3) is 2.47. The lowest BCUT2D eigenvalue weighted by molar-refractivity contribution is 0.344. The van der Waals surface area contributed by atoms with E-state index >= 15 is 0 Å².